The summed E-state index contributed by atoms with van der Waals surface area (Å²) in [7, 11) is 0. The number of rotatable bonds is 6. The van der Waals surface area contributed by atoms with Gasteiger partial charge in [-0.3, -0.25) is 4.90 Å². The zero-order valence-corrected chi connectivity index (χ0v) is 12.4. The Bertz CT molecular complexity index is 343. The SMILES string of the molecule is CCCNCC1CCN(Cc2nc(C)cs2)CC1. The first-order valence-electron chi connectivity index (χ1n) is 7.12. The predicted molar refractivity (Wildman–Crippen MR) is 78.0 cm³/mol. The number of thiazole rings is 1. The van der Waals surface area contributed by atoms with Crippen molar-refractivity contribution in [3.8, 4) is 0 Å². The Hall–Kier alpha value is -0.450. The van der Waals surface area contributed by atoms with Crippen molar-refractivity contribution < 1.29 is 0 Å². The molecule has 0 aromatic carbocycles. The number of hydrogen-bond acceptors (Lipinski definition) is 4. The first kappa shape index (κ1) is 14.0. The molecule has 2 rings (SSSR count). The quantitative estimate of drug-likeness (QED) is 0.803. The third-order valence-electron chi connectivity index (χ3n) is 3.59. The van der Waals surface area contributed by atoms with E-state index >= 15 is 0 Å². The van der Waals surface area contributed by atoms with Gasteiger partial charge >= 0.3 is 0 Å². The van der Waals surface area contributed by atoms with Gasteiger partial charge in [0.25, 0.3) is 0 Å². The van der Waals surface area contributed by atoms with Gasteiger partial charge in [-0.1, -0.05) is 6.92 Å². The summed E-state index contributed by atoms with van der Waals surface area (Å²) in [4.78, 5) is 7.10. The van der Waals surface area contributed by atoms with Crippen LogP contribution in [0.1, 0.15) is 36.9 Å². The van der Waals surface area contributed by atoms with Crippen molar-refractivity contribution in [1.29, 1.82) is 0 Å². The van der Waals surface area contributed by atoms with Gasteiger partial charge in [0, 0.05) is 11.1 Å². The Balaban J connectivity index is 1.67. The Morgan fingerprint density at radius 3 is 2.83 bits per heavy atom. The topological polar surface area (TPSA) is 28.2 Å². The molecule has 1 fully saturated rings. The van der Waals surface area contributed by atoms with Crippen LogP contribution in [0.3, 0.4) is 0 Å². The van der Waals surface area contributed by atoms with Gasteiger partial charge in [0.1, 0.15) is 5.01 Å². The molecule has 1 aromatic heterocycles. The molecule has 0 amide bonds. The second kappa shape index (κ2) is 7.22. The first-order valence-corrected chi connectivity index (χ1v) is 8.00. The standard InChI is InChI=1S/C14H25N3S/c1-3-6-15-9-13-4-7-17(8-5-13)10-14-16-12(2)11-18-14/h11,13,15H,3-10H2,1-2H3. The van der Waals surface area contributed by atoms with Crippen LogP contribution in [0.15, 0.2) is 5.38 Å². The van der Waals surface area contributed by atoms with Gasteiger partial charge in [0.2, 0.25) is 0 Å². The number of likely N-dealkylation sites (tertiary alicyclic amines) is 1. The van der Waals surface area contributed by atoms with Crippen LogP contribution in [0.5, 0.6) is 0 Å². The Labute approximate surface area is 115 Å². The lowest BCUT2D eigenvalue weighted by atomic mass is 9.97. The summed E-state index contributed by atoms with van der Waals surface area (Å²) in [6.45, 7) is 10.2. The summed E-state index contributed by atoms with van der Waals surface area (Å²) < 4.78 is 0. The van der Waals surface area contributed by atoms with Crippen LogP contribution in [-0.2, 0) is 6.54 Å². The summed E-state index contributed by atoms with van der Waals surface area (Å²) in [5.41, 5.74) is 1.16. The van der Waals surface area contributed by atoms with E-state index in [4.69, 9.17) is 0 Å². The molecule has 0 aliphatic carbocycles. The maximum absolute atomic E-state index is 4.55. The minimum atomic E-state index is 0.880. The number of piperidine rings is 1. The van der Waals surface area contributed by atoms with Crippen LogP contribution in [0.2, 0.25) is 0 Å². The van der Waals surface area contributed by atoms with Crippen LogP contribution in [-0.4, -0.2) is 36.1 Å². The number of nitrogens with one attached hydrogen (secondary N) is 1. The molecule has 0 spiro atoms. The molecule has 0 unspecified atom stereocenters. The Morgan fingerprint density at radius 2 is 2.22 bits per heavy atom. The zero-order valence-electron chi connectivity index (χ0n) is 11.6. The minimum Gasteiger partial charge on any atom is -0.316 e. The number of hydrogen-bond donors (Lipinski definition) is 1. The highest BCUT2D eigenvalue weighted by molar-refractivity contribution is 7.09. The van der Waals surface area contributed by atoms with Crippen molar-refractivity contribution in [2.24, 2.45) is 5.92 Å². The summed E-state index contributed by atoms with van der Waals surface area (Å²) in [5.74, 6) is 0.880. The van der Waals surface area contributed by atoms with E-state index in [1.807, 2.05) is 0 Å². The fraction of sp³-hybridized carbons (Fsp3) is 0.786. The van der Waals surface area contributed by atoms with Crippen LogP contribution in [0.4, 0.5) is 0 Å². The smallest absolute Gasteiger partial charge is 0.107 e. The fourth-order valence-corrected chi connectivity index (χ4v) is 3.31. The molecule has 1 aromatic rings. The Morgan fingerprint density at radius 1 is 1.44 bits per heavy atom. The maximum Gasteiger partial charge on any atom is 0.107 e. The molecule has 18 heavy (non-hydrogen) atoms. The van der Waals surface area contributed by atoms with Gasteiger partial charge in [-0.05, 0) is 58.3 Å². The highest BCUT2D eigenvalue weighted by Gasteiger charge is 2.19. The summed E-state index contributed by atoms with van der Waals surface area (Å²) in [6, 6.07) is 0. The van der Waals surface area contributed by atoms with E-state index in [2.05, 4.69) is 34.4 Å². The summed E-state index contributed by atoms with van der Waals surface area (Å²) in [6.07, 6.45) is 3.91. The van der Waals surface area contributed by atoms with Gasteiger partial charge in [-0.2, -0.15) is 0 Å². The van der Waals surface area contributed by atoms with Crippen LogP contribution in [0.25, 0.3) is 0 Å². The van der Waals surface area contributed by atoms with Crippen LogP contribution in [0, 0.1) is 12.8 Å². The highest BCUT2D eigenvalue weighted by atomic mass is 32.1. The minimum absolute atomic E-state index is 0.880. The van der Waals surface area contributed by atoms with Gasteiger partial charge in [0.15, 0.2) is 0 Å². The van der Waals surface area contributed by atoms with Gasteiger partial charge in [0.05, 0.1) is 6.54 Å². The van der Waals surface area contributed by atoms with E-state index in [0.29, 0.717) is 0 Å². The molecular formula is C14H25N3S. The second-order valence-electron chi connectivity index (χ2n) is 5.31. The summed E-state index contributed by atoms with van der Waals surface area (Å²) in [5, 5.41) is 6.97. The molecule has 0 saturated carbocycles. The average molecular weight is 267 g/mol. The van der Waals surface area contributed by atoms with Gasteiger partial charge in [-0.25, -0.2) is 4.98 Å². The van der Waals surface area contributed by atoms with Crippen molar-refractivity contribution in [3.05, 3.63) is 16.1 Å². The van der Waals surface area contributed by atoms with Crippen molar-refractivity contribution in [3.63, 3.8) is 0 Å². The molecule has 1 aliphatic rings. The molecule has 0 bridgehead atoms. The van der Waals surface area contributed by atoms with E-state index in [0.717, 1.165) is 18.2 Å². The third kappa shape index (κ3) is 4.34. The van der Waals surface area contributed by atoms with Crippen molar-refractivity contribution in [2.45, 2.75) is 39.7 Å². The molecule has 1 saturated heterocycles. The van der Waals surface area contributed by atoms with E-state index in [1.54, 1.807) is 11.3 Å². The van der Waals surface area contributed by atoms with E-state index in [1.165, 1.54) is 50.4 Å². The summed E-state index contributed by atoms with van der Waals surface area (Å²) >= 11 is 1.80. The molecule has 1 N–H and O–H groups in total. The second-order valence-corrected chi connectivity index (χ2v) is 6.25. The first-order chi connectivity index (χ1) is 8.78. The number of nitrogens with zero attached hydrogens (tertiary/aromatic N) is 2. The molecule has 2 heterocycles. The monoisotopic (exact) mass is 267 g/mol. The molecule has 102 valence electrons. The van der Waals surface area contributed by atoms with Crippen LogP contribution >= 0.6 is 11.3 Å². The largest absolute Gasteiger partial charge is 0.316 e. The average Bonchev–Trinajstić information content (AvgIpc) is 2.77. The molecule has 0 radical (unpaired) electrons. The van der Waals surface area contributed by atoms with Crippen molar-refractivity contribution >= 4 is 11.3 Å². The van der Waals surface area contributed by atoms with Crippen molar-refractivity contribution in [1.82, 2.24) is 15.2 Å². The van der Waals surface area contributed by atoms with Crippen molar-refractivity contribution in [2.75, 3.05) is 26.2 Å². The zero-order chi connectivity index (χ0) is 12.8. The Kier molecular flexibility index (Phi) is 5.60. The van der Waals surface area contributed by atoms with E-state index < -0.39 is 0 Å². The lowest BCUT2D eigenvalue weighted by molar-refractivity contribution is 0.175. The van der Waals surface area contributed by atoms with E-state index in [-0.39, 0.29) is 0 Å². The third-order valence-corrected chi connectivity index (χ3v) is 4.54. The molecule has 0 atom stereocenters. The lowest BCUT2D eigenvalue weighted by Gasteiger charge is -2.31. The van der Waals surface area contributed by atoms with Crippen LogP contribution < -0.4 is 5.32 Å². The maximum atomic E-state index is 4.55. The molecule has 3 nitrogen and oxygen atoms in total. The molecular weight excluding hydrogens is 242 g/mol. The number of aromatic nitrogens is 1. The van der Waals surface area contributed by atoms with Gasteiger partial charge < -0.3 is 5.32 Å². The van der Waals surface area contributed by atoms with E-state index in [9.17, 15) is 0 Å². The highest BCUT2D eigenvalue weighted by Crippen LogP contribution is 2.19. The number of aryl methyl sites for hydroxylation is 1. The molecule has 4 heteroatoms. The van der Waals surface area contributed by atoms with Gasteiger partial charge in [-0.15, -0.1) is 11.3 Å². The lowest BCUT2D eigenvalue weighted by Crippen LogP contribution is -2.37. The normalized spacial score (nSPS) is 18.3. The fourth-order valence-electron chi connectivity index (χ4n) is 2.50. The molecule has 1 aliphatic heterocycles. The predicted octanol–water partition coefficient (Wildman–Crippen LogP) is 2.66.